The Morgan fingerprint density at radius 2 is 1.40 bits per heavy atom. The Balaban J connectivity index is 0.00000376. The highest BCUT2D eigenvalue weighted by Gasteiger charge is 2.38. The zero-order valence-corrected chi connectivity index (χ0v) is 42.7. The number of carbonyl (C=O) groups is 3. The van der Waals surface area contributed by atoms with Crippen molar-refractivity contribution in [1.29, 1.82) is 0 Å². The number of anilines is 4. The number of nitrogens with zero attached hydrogens (tertiary/aromatic N) is 4. The smallest absolute Gasteiger partial charge is 0.260 e. The summed E-state index contributed by atoms with van der Waals surface area (Å²) in [6, 6.07) is 29.5. The Kier molecular flexibility index (Phi) is 19.1. The quantitative estimate of drug-likeness (QED) is 0.0337. The van der Waals surface area contributed by atoms with Crippen LogP contribution in [0.4, 0.5) is 28.4 Å². The number of Topliss-reactive ketones (excluding diaryl/α,β-unsaturated/α-hetero) is 1. The van der Waals surface area contributed by atoms with Crippen LogP contribution in [0.3, 0.4) is 0 Å². The first-order valence-electron chi connectivity index (χ1n) is 24.8. The second-order valence-corrected chi connectivity index (χ2v) is 17.7. The molecule has 1 unspecified atom stereocenters. The number of carbonyl (C=O) groups excluding carboxylic acids is 3. The number of para-hydroxylation sites is 2. The van der Waals surface area contributed by atoms with Crippen molar-refractivity contribution in [2.24, 2.45) is 4.99 Å². The average molecular weight is 984 g/mol. The van der Waals surface area contributed by atoms with Gasteiger partial charge in [-0.3, -0.25) is 14.6 Å². The normalized spacial score (nSPS) is 15.3. The van der Waals surface area contributed by atoms with Crippen molar-refractivity contribution < 1.29 is 47.5 Å². The summed E-state index contributed by atoms with van der Waals surface area (Å²) in [5.41, 5.74) is 9.09. The van der Waals surface area contributed by atoms with Crippen molar-refractivity contribution >= 4 is 52.6 Å². The van der Waals surface area contributed by atoms with Crippen LogP contribution in [0, 0.1) is 0 Å². The highest BCUT2D eigenvalue weighted by atomic mass is 16.5. The Hall–Kier alpha value is -6.94. The van der Waals surface area contributed by atoms with Crippen molar-refractivity contribution in [3.8, 4) is 23.0 Å². The predicted molar refractivity (Wildman–Crippen MR) is 283 cm³/mol. The predicted octanol–water partition coefficient (Wildman–Crippen LogP) is 9.32. The lowest BCUT2D eigenvalue weighted by Crippen LogP contribution is -2.39. The number of fused-ring (bicyclic) bond motifs is 5. The first-order valence-corrected chi connectivity index (χ1v) is 24.8. The zero-order valence-electron chi connectivity index (χ0n) is 42.7. The molecular weight excluding hydrogens is 915 g/mol. The van der Waals surface area contributed by atoms with Crippen LogP contribution in [-0.4, -0.2) is 117 Å². The molecule has 8 rings (SSSR count). The van der Waals surface area contributed by atoms with Crippen LogP contribution in [0.2, 0.25) is 0 Å². The van der Waals surface area contributed by atoms with E-state index in [1.807, 2.05) is 74.5 Å². The van der Waals surface area contributed by atoms with E-state index >= 15 is 0 Å². The molecule has 0 radical (unpaired) electrons. The minimum absolute atomic E-state index is 0.0187. The van der Waals surface area contributed by atoms with Gasteiger partial charge in [-0.15, -0.1) is 0 Å². The van der Waals surface area contributed by atoms with E-state index < -0.39 is 0 Å². The van der Waals surface area contributed by atoms with Gasteiger partial charge in [0, 0.05) is 81.2 Å². The second kappa shape index (κ2) is 26.0. The Morgan fingerprint density at radius 3 is 2.07 bits per heavy atom. The van der Waals surface area contributed by atoms with Crippen LogP contribution < -0.4 is 39.0 Å². The van der Waals surface area contributed by atoms with E-state index in [2.05, 4.69) is 45.4 Å². The Morgan fingerprint density at radius 1 is 0.764 bits per heavy atom. The van der Waals surface area contributed by atoms with Crippen LogP contribution in [0.15, 0.2) is 96.0 Å². The maximum absolute atomic E-state index is 14.2. The molecular formula is C57H69N5O10. The monoisotopic (exact) mass is 984 g/mol. The molecule has 3 aliphatic rings. The molecule has 0 saturated carbocycles. The lowest BCUT2D eigenvalue weighted by molar-refractivity contribution is -0.117. The zero-order chi connectivity index (χ0) is 51.0. The van der Waals surface area contributed by atoms with Crippen molar-refractivity contribution in [2.75, 3.05) is 101 Å². The molecule has 0 fully saturated rings. The third-order valence-electron chi connectivity index (χ3n) is 12.9. The highest BCUT2D eigenvalue weighted by Crippen LogP contribution is 2.41. The summed E-state index contributed by atoms with van der Waals surface area (Å²) >= 11 is 0. The summed E-state index contributed by atoms with van der Waals surface area (Å²) in [5, 5.41) is 3.52. The van der Waals surface area contributed by atoms with E-state index in [-0.39, 0.29) is 37.0 Å². The summed E-state index contributed by atoms with van der Waals surface area (Å²) in [5.74, 6) is 1.76. The first-order chi connectivity index (χ1) is 35.2. The second-order valence-electron chi connectivity index (χ2n) is 17.7. The van der Waals surface area contributed by atoms with E-state index in [0.29, 0.717) is 111 Å². The van der Waals surface area contributed by atoms with E-state index in [0.717, 1.165) is 52.9 Å². The molecule has 5 aromatic rings. The van der Waals surface area contributed by atoms with Crippen LogP contribution in [-0.2, 0) is 45.1 Å². The number of nitrogens with one attached hydrogen (secondary N) is 1. The molecule has 0 saturated heterocycles. The number of hydrogen-bond acceptors (Lipinski definition) is 14. The third kappa shape index (κ3) is 12.9. The number of ketones is 1. The molecule has 72 heavy (non-hydrogen) atoms. The van der Waals surface area contributed by atoms with Crippen molar-refractivity contribution in [1.82, 2.24) is 0 Å². The largest absolute Gasteiger partial charge is 0.493 e. The molecule has 382 valence electrons. The van der Waals surface area contributed by atoms with Gasteiger partial charge in [0.15, 0.2) is 29.3 Å². The number of ether oxygens (including phenoxy) is 7. The molecule has 0 aromatic heterocycles. The van der Waals surface area contributed by atoms with Gasteiger partial charge in [0.05, 0.1) is 76.3 Å². The number of hydrogen-bond donors (Lipinski definition) is 1. The molecule has 0 aliphatic carbocycles. The molecule has 1 N–H and O–H groups in total. The number of aldehydes is 1. The fourth-order valence-corrected chi connectivity index (χ4v) is 9.29. The van der Waals surface area contributed by atoms with E-state index in [1.165, 1.54) is 12.7 Å². The van der Waals surface area contributed by atoms with Gasteiger partial charge in [-0.25, -0.2) is 0 Å². The van der Waals surface area contributed by atoms with Crippen molar-refractivity contribution in [3.05, 3.63) is 124 Å². The number of likely N-dealkylation sites (N-methyl/N-ethyl adjacent to an activating group) is 1. The van der Waals surface area contributed by atoms with Crippen LogP contribution in [0.5, 0.6) is 23.0 Å². The lowest BCUT2D eigenvalue weighted by atomic mass is 10.1. The standard InChI is InChI=1S/C55H63N5O10.C2H6/c1-37(62)11-10-16-59(17-18-67-21-22-68-20-19-64-3)43-24-38(35-69-53-30-47(42(34-61)28-51(53)65-4)56-32-44-26-40-12-6-8-14-49(40)58(44)2)23-39(25-43)36-70-54-31-48-46(29-52(54)66-5)55(63)60-45(33-57-48)27-41-13-7-9-15-50(41)60;1-2/h6-9,12-15,23-25,28-32,34,44-45,57H,10-11,16-22,26-27,33,35-36H2,1-5H3;1-2H3/t44?,45-;/m0./s1. The van der Waals surface area contributed by atoms with Gasteiger partial charge in [0.25, 0.3) is 5.91 Å². The molecule has 0 spiro atoms. The summed E-state index contributed by atoms with van der Waals surface area (Å²) in [6.07, 6.45) is 5.32. The van der Waals surface area contributed by atoms with Gasteiger partial charge < -0.3 is 58.0 Å². The minimum Gasteiger partial charge on any atom is -0.493 e. The van der Waals surface area contributed by atoms with Gasteiger partial charge in [-0.2, -0.15) is 0 Å². The topological polar surface area (TPSA) is 150 Å². The molecule has 1 amide bonds. The molecule has 15 heteroatoms. The van der Waals surface area contributed by atoms with E-state index in [9.17, 15) is 14.4 Å². The fourth-order valence-electron chi connectivity index (χ4n) is 9.29. The number of rotatable bonds is 25. The van der Waals surface area contributed by atoms with Crippen molar-refractivity contribution in [2.45, 2.75) is 71.8 Å². The van der Waals surface area contributed by atoms with E-state index in [4.69, 9.17) is 38.2 Å². The SMILES string of the molecule is CC.COCCOCCOCCN(CCCC(C)=O)c1cc(COc2cc(N=CC3Cc4ccccc4N3C)c(C=O)cc2OC)cc(COc2cc3c(cc2OC)C(=O)N2c4ccccc4C[C@H]2CN3)c1. The van der Waals surface area contributed by atoms with Crippen LogP contribution in [0.25, 0.3) is 0 Å². The van der Waals surface area contributed by atoms with Gasteiger partial charge in [-0.1, -0.05) is 50.2 Å². The fraction of sp³-hybridized carbons (Fsp3) is 0.404. The average Bonchev–Trinajstić information content (AvgIpc) is 3.90. The summed E-state index contributed by atoms with van der Waals surface area (Å²) in [7, 11) is 6.79. The Bertz CT molecular complexity index is 2670. The lowest BCUT2D eigenvalue weighted by Gasteiger charge is -2.26. The maximum Gasteiger partial charge on any atom is 0.260 e. The number of aliphatic imine (C=N–C) groups is 1. The highest BCUT2D eigenvalue weighted by molar-refractivity contribution is 6.12. The van der Waals surface area contributed by atoms with Crippen LogP contribution in [0.1, 0.15) is 76.6 Å². The van der Waals surface area contributed by atoms with Gasteiger partial charge >= 0.3 is 0 Å². The molecule has 15 nitrogen and oxygen atoms in total. The third-order valence-corrected chi connectivity index (χ3v) is 12.9. The first kappa shape index (κ1) is 52.9. The van der Waals surface area contributed by atoms with Crippen molar-refractivity contribution in [3.63, 3.8) is 0 Å². The molecule has 3 aliphatic heterocycles. The Labute approximate surface area is 424 Å². The van der Waals surface area contributed by atoms with Gasteiger partial charge in [-0.05, 0) is 90.9 Å². The molecule has 2 atom stereocenters. The van der Waals surface area contributed by atoms with Gasteiger partial charge in [0.2, 0.25) is 0 Å². The number of methoxy groups -OCH3 is 3. The number of amides is 1. The maximum atomic E-state index is 14.2. The summed E-state index contributed by atoms with van der Waals surface area (Å²) in [6.45, 7) is 9.92. The molecule has 5 aromatic carbocycles. The summed E-state index contributed by atoms with van der Waals surface area (Å²) < 4.78 is 41.4. The summed E-state index contributed by atoms with van der Waals surface area (Å²) in [4.78, 5) is 49.7. The molecule has 3 heterocycles. The molecule has 0 bridgehead atoms. The van der Waals surface area contributed by atoms with Gasteiger partial charge in [0.1, 0.15) is 19.0 Å². The van der Waals surface area contributed by atoms with Crippen LogP contribution >= 0.6 is 0 Å². The number of benzene rings is 5. The van der Waals surface area contributed by atoms with E-state index in [1.54, 1.807) is 39.3 Å². The minimum atomic E-state index is -0.0895.